The first-order valence-electron chi connectivity index (χ1n) is 4.49. The fraction of sp³-hybridized carbons (Fsp3) is 0.364. The predicted octanol–water partition coefficient (Wildman–Crippen LogP) is 2.27. The Labute approximate surface area is 83.3 Å². The third-order valence-electron chi connectivity index (χ3n) is 2.14. The maximum Gasteiger partial charge on any atom is 0.303 e. The van der Waals surface area contributed by atoms with Gasteiger partial charge in [-0.15, -0.1) is 0 Å². The number of carbonyl (C=O) groups is 1. The standard InChI is InChI=1S/C11H14O3/c1-8(6-11(12)13)9-4-3-5-10(7-9)14-2/h3-5,7-8H,6H2,1-2H3,(H,12,13)/t8-/m1/s1. The van der Waals surface area contributed by atoms with Gasteiger partial charge in [-0.1, -0.05) is 19.1 Å². The van der Waals surface area contributed by atoms with Gasteiger partial charge in [-0.05, 0) is 23.6 Å². The van der Waals surface area contributed by atoms with Gasteiger partial charge in [0.25, 0.3) is 0 Å². The van der Waals surface area contributed by atoms with E-state index in [4.69, 9.17) is 9.84 Å². The quantitative estimate of drug-likeness (QED) is 0.799. The number of benzene rings is 1. The fourth-order valence-electron chi connectivity index (χ4n) is 1.33. The number of methoxy groups -OCH3 is 1. The summed E-state index contributed by atoms with van der Waals surface area (Å²) in [6, 6.07) is 7.49. The van der Waals surface area contributed by atoms with Gasteiger partial charge in [-0.2, -0.15) is 0 Å². The molecule has 14 heavy (non-hydrogen) atoms. The Morgan fingerprint density at radius 3 is 2.86 bits per heavy atom. The molecule has 0 aliphatic rings. The number of carboxylic acids is 1. The molecule has 76 valence electrons. The molecule has 0 saturated carbocycles. The van der Waals surface area contributed by atoms with E-state index in [0.717, 1.165) is 11.3 Å². The van der Waals surface area contributed by atoms with E-state index in [0.29, 0.717) is 0 Å². The van der Waals surface area contributed by atoms with Gasteiger partial charge in [0.05, 0.1) is 13.5 Å². The molecular weight excluding hydrogens is 180 g/mol. The van der Waals surface area contributed by atoms with E-state index >= 15 is 0 Å². The van der Waals surface area contributed by atoms with Crippen LogP contribution in [0.15, 0.2) is 24.3 Å². The molecule has 0 aliphatic heterocycles. The van der Waals surface area contributed by atoms with Crippen molar-refractivity contribution in [2.75, 3.05) is 7.11 Å². The summed E-state index contributed by atoms with van der Waals surface area (Å²) in [5.74, 6) is 0.00246. The van der Waals surface area contributed by atoms with E-state index in [2.05, 4.69) is 0 Å². The van der Waals surface area contributed by atoms with Crippen LogP contribution in [-0.2, 0) is 4.79 Å². The van der Waals surface area contributed by atoms with Crippen LogP contribution in [0.2, 0.25) is 0 Å². The van der Waals surface area contributed by atoms with Gasteiger partial charge >= 0.3 is 5.97 Å². The molecule has 1 N–H and O–H groups in total. The Kier molecular flexibility index (Phi) is 3.51. The molecule has 1 rings (SSSR count). The maximum atomic E-state index is 10.5. The molecule has 0 unspecified atom stereocenters. The Balaban J connectivity index is 2.78. The maximum absolute atomic E-state index is 10.5. The van der Waals surface area contributed by atoms with Crippen molar-refractivity contribution in [3.8, 4) is 5.75 Å². The lowest BCUT2D eigenvalue weighted by Crippen LogP contribution is -2.02. The monoisotopic (exact) mass is 194 g/mol. The molecule has 0 aliphatic carbocycles. The SMILES string of the molecule is COc1cccc([C@H](C)CC(=O)O)c1. The van der Waals surface area contributed by atoms with Gasteiger partial charge in [0.2, 0.25) is 0 Å². The fourth-order valence-corrected chi connectivity index (χ4v) is 1.33. The number of hydrogen-bond donors (Lipinski definition) is 1. The van der Waals surface area contributed by atoms with Crippen LogP contribution < -0.4 is 4.74 Å². The minimum Gasteiger partial charge on any atom is -0.497 e. The van der Waals surface area contributed by atoms with Crippen LogP contribution in [0, 0.1) is 0 Å². The third-order valence-corrected chi connectivity index (χ3v) is 2.14. The van der Waals surface area contributed by atoms with Crippen LogP contribution >= 0.6 is 0 Å². The first-order chi connectivity index (χ1) is 6.63. The average molecular weight is 194 g/mol. The van der Waals surface area contributed by atoms with Crippen molar-refractivity contribution in [1.82, 2.24) is 0 Å². The second kappa shape index (κ2) is 4.65. The Morgan fingerprint density at radius 1 is 1.57 bits per heavy atom. The minimum absolute atomic E-state index is 0.0163. The highest BCUT2D eigenvalue weighted by Crippen LogP contribution is 2.22. The molecule has 1 atom stereocenters. The van der Waals surface area contributed by atoms with E-state index in [1.165, 1.54) is 0 Å². The normalized spacial score (nSPS) is 12.1. The van der Waals surface area contributed by atoms with Gasteiger partial charge < -0.3 is 9.84 Å². The summed E-state index contributed by atoms with van der Waals surface area (Å²) in [5.41, 5.74) is 0.992. The number of ether oxygens (including phenoxy) is 1. The summed E-state index contributed by atoms with van der Waals surface area (Å²) in [6.45, 7) is 1.89. The summed E-state index contributed by atoms with van der Waals surface area (Å²) < 4.78 is 5.06. The molecule has 1 aromatic rings. The Hall–Kier alpha value is -1.51. The lowest BCUT2D eigenvalue weighted by molar-refractivity contribution is -0.137. The van der Waals surface area contributed by atoms with Crippen molar-refractivity contribution in [2.45, 2.75) is 19.3 Å². The molecule has 0 saturated heterocycles. The van der Waals surface area contributed by atoms with E-state index in [-0.39, 0.29) is 12.3 Å². The minimum atomic E-state index is -0.777. The van der Waals surface area contributed by atoms with Gasteiger partial charge in [0.15, 0.2) is 0 Å². The van der Waals surface area contributed by atoms with Gasteiger partial charge in [-0.25, -0.2) is 0 Å². The van der Waals surface area contributed by atoms with E-state index < -0.39 is 5.97 Å². The van der Waals surface area contributed by atoms with E-state index in [9.17, 15) is 4.79 Å². The van der Waals surface area contributed by atoms with Gasteiger partial charge in [0.1, 0.15) is 5.75 Å². The molecule has 3 nitrogen and oxygen atoms in total. The van der Waals surface area contributed by atoms with Crippen molar-refractivity contribution in [3.63, 3.8) is 0 Å². The van der Waals surface area contributed by atoms with Crippen LogP contribution in [0.1, 0.15) is 24.8 Å². The first kappa shape index (κ1) is 10.6. The van der Waals surface area contributed by atoms with Gasteiger partial charge in [-0.3, -0.25) is 4.79 Å². The van der Waals surface area contributed by atoms with Crippen molar-refractivity contribution < 1.29 is 14.6 Å². The Morgan fingerprint density at radius 2 is 2.29 bits per heavy atom. The van der Waals surface area contributed by atoms with Crippen LogP contribution in [0.25, 0.3) is 0 Å². The lowest BCUT2D eigenvalue weighted by atomic mass is 9.98. The summed E-state index contributed by atoms with van der Waals surface area (Å²) in [7, 11) is 1.60. The Bertz CT molecular complexity index is 320. The second-order valence-electron chi connectivity index (χ2n) is 3.28. The second-order valence-corrected chi connectivity index (χ2v) is 3.28. The molecule has 3 heteroatoms. The van der Waals surface area contributed by atoms with Crippen LogP contribution in [0.3, 0.4) is 0 Å². The lowest BCUT2D eigenvalue weighted by Gasteiger charge is -2.10. The number of rotatable bonds is 4. The molecule has 0 heterocycles. The predicted molar refractivity (Wildman–Crippen MR) is 53.7 cm³/mol. The smallest absolute Gasteiger partial charge is 0.303 e. The highest BCUT2D eigenvalue weighted by atomic mass is 16.5. The molecule has 0 fully saturated rings. The summed E-state index contributed by atoms with van der Waals surface area (Å²) >= 11 is 0. The number of hydrogen-bond acceptors (Lipinski definition) is 2. The van der Waals surface area contributed by atoms with Crippen molar-refractivity contribution in [2.24, 2.45) is 0 Å². The zero-order chi connectivity index (χ0) is 10.6. The van der Waals surface area contributed by atoms with E-state index in [1.807, 2.05) is 31.2 Å². The van der Waals surface area contributed by atoms with Gasteiger partial charge in [0, 0.05) is 0 Å². The highest BCUT2D eigenvalue weighted by Gasteiger charge is 2.10. The molecule has 0 bridgehead atoms. The summed E-state index contributed by atoms with van der Waals surface area (Å²) in [6.07, 6.45) is 0.146. The van der Waals surface area contributed by atoms with Crippen molar-refractivity contribution >= 4 is 5.97 Å². The zero-order valence-corrected chi connectivity index (χ0v) is 8.36. The van der Waals surface area contributed by atoms with E-state index in [1.54, 1.807) is 7.11 Å². The van der Waals surface area contributed by atoms with Crippen LogP contribution in [0.5, 0.6) is 5.75 Å². The largest absolute Gasteiger partial charge is 0.497 e. The summed E-state index contributed by atoms with van der Waals surface area (Å²) in [5, 5.41) is 8.64. The third kappa shape index (κ3) is 2.76. The molecule has 0 aromatic heterocycles. The molecule has 0 spiro atoms. The van der Waals surface area contributed by atoms with Crippen molar-refractivity contribution in [1.29, 1.82) is 0 Å². The molecule has 0 radical (unpaired) electrons. The van der Waals surface area contributed by atoms with Crippen LogP contribution in [0.4, 0.5) is 0 Å². The zero-order valence-electron chi connectivity index (χ0n) is 8.36. The number of carboxylic acid groups (broad SMARTS) is 1. The molecular formula is C11H14O3. The number of aliphatic carboxylic acids is 1. The molecule has 0 amide bonds. The topological polar surface area (TPSA) is 46.5 Å². The highest BCUT2D eigenvalue weighted by molar-refractivity contribution is 5.68. The first-order valence-corrected chi connectivity index (χ1v) is 4.49. The average Bonchev–Trinajstić information content (AvgIpc) is 2.17. The summed E-state index contributed by atoms with van der Waals surface area (Å²) in [4.78, 5) is 10.5. The van der Waals surface area contributed by atoms with Crippen LogP contribution in [-0.4, -0.2) is 18.2 Å². The van der Waals surface area contributed by atoms with Crippen molar-refractivity contribution in [3.05, 3.63) is 29.8 Å². The molecule has 1 aromatic carbocycles.